The van der Waals surface area contributed by atoms with E-state index in [4.69, 9.17) is 9.47 Å². The number of imide groups is 1. The Kier molecular flexibility index (Phi) is 5.79. The van der Waals surface area contributed by atoms with Crippen LogP contribution in [0.25, 0.3) is 0 Å². The van der Waals surface area contributed by atoms with E-state index in [-0.39, 0.29) is 30.1 Å². The number of ether oxygens (including phenoxy) is 2. The van der Waals surface area contributed by atoms with Crippen molar-refractivity contribution in [3.05, 3.63) is 23.8 Å². The molecule has 0 radical (unpaired) electrons. The van der Waals surface area contributed by atoms with Crippen molar-refractivity contribution in [2.75, 3.05) is 31.7 Å². The predicted molar refractivity (Wildman–Crippen MR) is 99.6 cm³/mol. The smallest absolute Gasteiger partial charge is 0.309 e. The second-order valence-electron chi connectivity index (χ2n) is 7.02. The van der Waals surface area contributed by atoms with Gasteiger partial charge in [0.05, 0.1) is 37.8 Å². The van der Waals surface area contributed by atoms with Gasteiger partial charge in [-0.25, -0.2) is 4.90 Å². The summed E-state index contributed by atoms with van der Waals surface area (Å²) in [6.45, 7) is 5.29. The van der Waals surface area contributed by atoms with Crippen molar-refractivity contribution < 1.29 is 23.9 Å². The fourth-order valence-electron chi connectivity index (χ4n) is 3.84. The Morgan fingerprint density at radius 1 is 1.22 bits per heavy atom. The Balaban J connectivity index is 1.72. The van der Waals surface area contributed by atoms with Crippen LogP contribution in [0.4, 0.5) is 5.69 Å². The third-order valence-electron chi connectivity index (χ3n) is 5.29. The van der Waals surface area contributed by atoms with E-state index in [1.165, 1.54) is 12.0 Å². The molecule has 0 saturated carbocycles. The van der Waals surface area contributed by atoms with Gasteiger partial charge >= 0.3 is 5.97 Å². The number of aryl methyl sites for hydroxylation is 1. The van der Waals surface area contributed by atoms with Crippen LogP contribution in [0.1, 0.15) is 31.7 Å². The monoisotopic (exact) mass is 374 g/mol. The van der Waals surface area contributed by atoms with Crippen LogP contribution < -0.4 is 9.64 Å². The molecule has 146 valence electrons. The number of likely N-dealkylation sites (tertiary alicyclic amines) is 1. The molecule has 1 aromatic carbocycles. The van der Waals surface area contributed by atoms with Crippen LogP contribution in [0, 0.1) is 12.8 Å². The zero-order valence-electron chi connectivity index (χ0n) is 16.1. The van der Waals surface area contributed by atoms with Crippen LogP contribution in [0.5, 0.6) is 5.75 Å². The summed E-state index contributed by atoms with van der Waals surface area (Å²) in [4.78, 5) is 40.8. The number of nitrogens with zero attached hydrogens (tertiary/aromatic N) is 2. The second kappa shape index (κ2) is 8.08. The van der Waals surface area contributed by atoms with Crippen molar-refractivity contribution in [1.29, 1.82) is 0 Å². The van der Waals surface area contributed by atoms with Crippen LogP contribution in [-0.4, -0.2) is 55.5 Å². The summed E-state index contributed by atoms with van der Waals surface area (Å²) in [5.41, 5.74) is 1.45. The van der Waals surface area contributed by atoms with E-state index >= 15 is 0 Å². The molecule has 0 spiro atoms. The molecule has 27 heavy (non-hydrogen) atoms. The summed E-state index contributed by atoms with van der Waals surface area (Å²) in [6, 6.07) is 4.96. The summed E-state index contributed by atoms with van der Waals surface area (Å²) in [7, 11) is 1.52. The number of carbonyl (C=O) groups excluding carboxylic acids is 3. The number of rotatable bonds is 5. The highest BCUT2D eigenvalue weighted by Crippen LogP contribution is 2.35. The number of piperidine rings is 1. The SMILES string of the molecule is CCOC(=O)C1CCN([C@H]2CC(=O)N(c3cc(C)ccc3OC)C2=O)CC1. The van der Waals surface area contributed by atoms with Crippen molar-refractivity contribution in [2.24, 2.45) is 5.92 Å². The molecule has 2 heterocycles. The lowest BCUT2D eigenvalue weighted by atomic mass is 9.95. The minimum Gasteiger partial charge on any atom is -0.495 e. The van der Waals surface area contributed by atoms with Crippen LogP contribution in [-0.2, 0) is 19.1 Å². The van der Waals surface area contributed by atoms with Crippen molar-refractivity contribution in [3.63, 3.8) is 0 Å². The number of anilines is 1. The quantitative estimate of drug-likeness (QED) is 0.579. The Bertz CT molecular complexity index is 740. The van der Waals surface area contributed by atoms with Crippen molar-refractivity contribution in [3.8, 4) is 5.75 Å². The van der Waals surface area contributed by atoms with Gasteiger partial charge < -0.3 is 9.47 Å². The normalized spacial score (nSPS) is 21.6. The highest BCUT2D eigenvalue weighted by molar-refractivity contribution is 6.23. The number of carbonyl (C=O) groups is 3. The minimum absolute atomic E-state index is 0.124. The van der Waals surface area contributed by atoms with Gasteiger partial charge in [-0.3, -0.25) is 19.3 Å². The average Bonchev–Trinajstić information content (AvgIpc) is 2.96. The van der Waals surface area contributed by atoms with E-state index in [1.54, 1.807) is 19.1 Å². The fourth-order valence-corrected chi connectivity index (χ4v) is 3.84. The van der Waals surface area contributed by atoms with E-state index in [1.807, 2.05) is 17.9 Å². The Hall–Kier alpha value is -2.41. The molecule has 2 saturated heterocycles. The molecule has 0 aliphatic carbocycles. The molecule has 0 bridgehead atoms. The van der Waals surface area contributed by atoms with Gasteiger partial charge in [0.25, 0.3) is 5.91 Å². The second-order valence-corrected chi connectivity index (χ2v) is 7.02. The molecule has 0 unspecified atom stereocenters. The van der Waals surface area contributed by atoms with Crippen molar-refractivity contribution in [2.45, 2.75) is 39.2 Å². The topological polar surface area (TPSA) is 76.2 Å². The number of amides is 2. The molecule has 2 amide bonds. The third kappa shape index (κ3) is 3.83. The first kappa shape index (κ1) is 19.4. The Morgan fingerprint density at radius 3 is 2.56 bits per heavy atom. The van der Waals surface area contributed by atoms with E-state index < -0.39 is 6.04 Å². The lowest BCUT2D eigenvalue weighted by Crippen LogP contribution is -2.47. The maximum absolute atomic E-state index is 13.0. The summed E-state index contributed by atoms with van der Waals surface area (Å²) >= 11 is 0. The van der Waals surface area contributed by atoms with Gasteiger partial charge in [0.2, 0.25) is 5.91 Å². The van der Waals surface area contributed by atoms with E-state index in [0.717, 1.165) is 5.56 Å². The minimum atomic E-state index is -0.481. The molecule has 7 heteroatoms. The summed E-state index contributed by atoms with van der Waals surface area (Å²) < 4.78 is 10.4. The third-order valence-corrected chi connectivity index (χ3v) is 5.29. The van der Waals surface area contributed by atoms with Gasteiger partial charge in [0.1, 0.15) is 5.75 Å². The van der Waals surface area contributed by atoms with Crippen molar-refractivity contribution in [1.82, 2.24) is 4.90 Å². The van der Waals surface area contributed by atoms with E-state index in [9.17, 15) is 14.4 Å². The number of benzene rings is 1. The van der Waals surface area contributed by atoms with Gasteiger partial charge in [-0.2, -0.15) is 0 Å². The number of esters is 1. The molecule has 1 aromatic rings. The highest BCUT2D eigenvalue weighted by Gasteiger charge is 2.44. The van der Waals surface area contributed by atoms with Crippen LogP contribution >= 0.6 is 0 Å². The first-order chi connectivity index (χ1) is 13.0. The van der Waals surface area contributed by atoms with Crippen LogP contribution in [0.3, 0.4) is 0 Å². The predicted octanol–water partition coefficient (Wildman–Crippen LogP) is 1.91. The summed E-state index contributed by atoms with van der Waals surface area (Å²) in [5.74, 6) is -0.234. The maximum atomic E-state index is 13.0. The van der Waals surface area contributed by atoms with Gasteiger partial charge in [-0.15, -0.1) is 0 Å². The zero-order valence-corrected chi connectivity index (χ0v) is 16.1. The lowest BCUT2D eigenvalue weighted by molar-refractivity contribution is -0.149. The number of methoxy groups -OCH3 is 1. The highest BCUT2D eigenvalue weighted by atomic mass is 16.5. The largest absolute Gasteiger partial charge is 0.495 e. The van der Waals surface area contributed by atoms with E-state index in [0.29, 0.717) is 44.0 Å². The molecular formula is C20H26N2O5. The van der Waals surface area contributed by atoms with Crippen molar-refractivity contribution >= 4 is 23.5 Å². The lowest BCUT2D eigenvalue weighted by Gasteiger charge is -2.33. The molecule has 0 N–H and O–H groups in total. The van der Waals surface area contributed by atoms with Crippen LogP contribution in [0.15, 0.2) is 18.2 Å². The van der Waals surface area contributed by atoms with E-state index in [2.05, 4.69) is 0 Å². The first-order valence-corrected chi connectivity index (χ1v) is 9.38. The zero-order chi connectivity index (χ0) is 19.6. The standard InChI is InChI=1S/C20H26N2O5/c1-4-27-20(25)14-7-9-21(10-8-14)16-12-18(23)22(19(16)24)15-11-13(2)5-6-17(15)26-3/h5-6,11,14,16H,4,7-10,12H2,1-3H3/t16-/m0/s1. The number of hydrogen-bond acceptors (Lipinski definition) is 6. The van der Waals surface area contributed by atoms with Gasteiger partial charge in [0.15, 0.2) is 0 Å². The summed E-state index contributed by atoms with van der Waals surface area (Å²) in [6.07, 6.45) is 1.44. The van der Waals surface area contributed by atoms with Gasteiger partial charge in [-0.1, -0.05) is 6.07 Å². The number of hydrogen-bond donors (Lipinski definition) is 0. The molecule has 2 aliphatic heterocycles. The van der Waals surface area contributed by atoms with Crippen LogP contribution in [0.2, 0.25) is 0 Å². The molecular weight excluding hydrogens is 348 g/mol. The molecule has 2 aliphatic rings. The molecule has 7 nitrogen and oxygen atoms in total. The summed E-state index contributed by atoms with van der Waals surface area (Å²) in [5, 5.41) is 0. The first-order valence-electron chi connectivity index (χ1n) is 9.38. The fraction of sp³-hybridized carbons (Fsp3) is 0.550. The molecule has 2 fully saturated rings. The average molecular weight is 374 g/mol. The Labute approximate surface area is 159 Å². The molecule has 3 rings (SSSR count). The van der Waals surface area contributed by atoms with Gasteiger partial charge in [0, 0.05) is 0 Å². The Morgan fingerprint density at radius 2 is 1.93 bits per heavy atom. The molecule has 0 aromatic heterocycles. The maximum Gasteiger partial charge on any atom is 0.309 e. The molecule has 1 atom stereocenters. The van der Waals surface area contributed by atoms with Gasteiger partial charge in [-0.05, 0) is 57.5 Å².